The Morgan fingerprint density at radius 2 is 1.52 bits per heavy atom. The van der Waals surface area contributed by atoms with E-state index in [0.717, 1.165) is 11.1 Å². The molecule has 106 valence electrons. The van der Waals surface area contributed by atoms with Gasteiger partial charge in [-0.1, -0.05) is 54.6 Å². The van der Waals surface area contributed by atoms with Gasteiger partial charge in [-0.05, 0) is 16.7 Å². The van der Waals surface area contributed by atoms with E-state index in [9.17, 15) is 14.7 Å². The highest BCUT2D eigenvalue weighted by Gasteiger charge is 2.35. The molecule has 0 bridgehead atoms. The largest absolute Gasteiger partial charge is 0.386 e. The molecule has 1 saturated heterocycles. The first kappa shape index (κ1) is 13.3. The fraction of sp³-hybridized carbons (Fsp3) is 0.125. The van der Waals surface area contributed by atoms with Gasteiger partial charge in [-0.25, -0.2) is 4.79 Å². The molecule has 3 N–H and O–H groups in total. The molecule has 3 amide bonds. The van der Waals surface area contributed by atoms with Crippen molar-refractivity contribution < 1.29 is 14.7 Å². The Kier molecular flexibility index (Phi) is 3.41. The summed E-state index contributed by atoms with van der Waals surface area (Å²) in [4.78, 5) is 22.6. The summed E-state index contributed by atoms with van der Waals surface area (Å²) in [7, 11) is 0. The third kappa shape index (κ3) is 2.64. The molecule has 0 saturated carbocycles. The molecule has 1 fully saturated rings. The van der Waals surface area contributed by atoms with E-state index in [-0.39, 0.29) is 0 Å². The van der Waals surface area contributed by atoms with Crippen LogP contribution in [0.3, 0.4) is 0 Å². The maximum Gasteiger partial charge on any atom is 0.322 e. The quantitative estimate of drug-likeness (QED) is 0.748. The number of benzene rings is 2. The molecule has 5 nitrogen and oxygen atoms in total. The normalized spacial score (nSPS) is 19.0. The maximum absolute atomic E-state index is 11.5. The lowest BCUT2D eigenvalue weighted by molar-refractivity contribution is -0.122. The van der Waals surface area contributed by atoms with E-state index >= 15 is 0 Å². The fourth-order valence-electron chi connectivity index (χ4n) is 2.35. The lowest BCUT2D eigenvalue weighted by Crippen LogP contribution is -2.35. The molecule has 2 aromatic carbocycles. The van der Waals surface area contributed by atoms with Gasteiger partial charge in [-0.2, -0.15) is 0 Å². The van der Waals surface area contributed by atoms with Crippen LogP contribution >= 0.6 is 0 Å². The molecule has 1 aliphatic heterocycles. The lowest BCUT2D eigenvalue weighted by atomic mass is 9.98. The molecule has 21 heavy (non-hydrogen) atoms. The number of amides is 3. The van der Waals surface area contributed by atoms with Crippen LogP contribution in [-0.2, 0) is 4.79 Å². The number of hydrogen-bond acceptors (Lipinski definition) is 3. The van der Waals surface area contributed by atoms with Gasteiger partial charge in [0, 0.05) is 0 Å². The van der Waals surface area contributed by atoms with Crippen molar-refractivity contribution >= 4 is 11.9 Å². The third-order valence-corrected chi connectivity index (χ3v) is 3.48. The third-order valence-electron chi connectivity index (χ3n) is 3.48. The highest BCUT2D eigenvalue weighted by atomic mass is 16.3. The number of aliphatic hydroxyl groups excluding tert-OH is 1. The van der Waals surface area contributed by atoms with Crippen LogP contribution in [0.4, 0.5) is 4.79 Å². The van der Waals surface area contributed by atoms with E-state index in [1.54, 1.807) is 12.1 Å². The molecule has 0 radical (unpaired) electrons. The molecule has 0 aromatic heterocycles. The van der Waals surface area contributed by atoms with Crippen molar-refractivity contribution in [2.24, 2.45) is 0 Å². The van der Waals surface area contributed by atoms with E-state index in [1.807, 2.05) is 42.5 Å². The van der Waals surface area contributed by atoms with Gasteiger partial charge >= 0.3 is 6.03 Å². The summed E-state index contributed by atoms with van der Waals surface area (Å²) in [5, 5.41) is 14.7. The molecule has 0 aliphatic carbocycles. The molecule has 2 aromatic rings. The first-order valence-electron chi connectivity index (χ1n) is 6.60. The average Bonchev–Trinajstić information content (AvgIpc) is 2.86. The zero-order chi connectivity index (χ0) is 14.8. The fourth-order valence-corrected chi connectivity index (χ4v) is 2.35. The monoisotopic (exact) mass is 282 g/mol. The highest BCUT2D eigenvalue weighted by Crippen LogP contribution is 2.24. The van der Waals surface area contributed by atoms with Crippen LogP contribution in [0.15, 0.2) is 54.6 Å². The number of nitrogens with one attached hydrogen (secondary N) is 2. The molecule has 2 atom stereocenters. The van der Waals surface area contributed by atoms with E-state index in [0.29, 0.717) is 5.56 Å². The highest BCUT2D eigenvalue weighted by molar-refractivity contribution is 6.04. The molecule has 3 rings (SSSR count). The van der Waals surface area contributed by atoms with E-state index in [4.69, 9.17) is 0 Å². The Morgan fingerprint density at radius 3 is 2.10 bits per heavy atom. The first-order valence-corrected chi connectivity index (χ1v) is 6.60. The van der Waals surface area contributed by atoms with E-state index in [2.05, 4.69) is 10.6 Å². The summed E-state index contributed by atoms with van der Waals surface area (Å²) in [6, 6.07) is 15.6. The number of hydrogen-bond donors (Lipinski definition) is 3. The molecular formula is C16H14N2O3. The first-order chi connectivity index (χ1) is 10.1. The zero-order valence-corrected chi connectivity index (χ0v) is 11.1. The van der Waals surface area contributed by atoms with Crippen molar-refractivity contribution in [3.63, 3.8) is 0 Å². The van der Waals surface area contributed by atoms with Crippen LogP contribution < -0.4 is 10.6 Å². The van der Waals surface area contributed by atoms with Crippen LogP contribution in [-0.4, -0.2) is 23.1 Å². The molecule has 1 heterocycles. The molecule has 5 heteroatoms. The van der Waals surface area contributed by atoms with Gasteiger partial charge < -0.3 is 10.4 Å². The molecule has 1 aliphatic rings. The Balaban J connectivity index is 1.81. The van der Waals surface area contributed by atoms with E-state index in [1.165, 1.54) is 0 Å². The lowest BCUT2D eigenvalue weighted by Gasteiger charge is -2.16. The maximum atomic E-state index is 11.5. The van der Waals surface area contributed by atoms with Gasteiger partial charge in [0.25, 0.3) is 5.91 Å². The van der Waals surface area contributed by atoms with Gasteiger partial charge in [0.2, 0.25) is 0 Å². The summed E-state index contributed by atoms with van der Waals surface area (Å²) in [6.45, 7) is 0. The summed E-state index contributed by atoms with van der Waals surface area (Å²) in [5.74, 6) is -0.514. The van der Waals surface area contributed by atoms with Crippen LogP contribution in [0.25, 0.3) is 11.1 Å². The number of carbonyl (C=O) groups is 2. The minimum Gasteiger partial charge on any atom is -0.386 e. The second-order valence-electron chi connectivity index (χ2n) is 4.87. The second-order valence-corrected chi connectivity index (χ2v) is 4.87. The van der Waals surface area contributed by atoms with Crippen molar-refractivity contribution in [1.29, 1.82) is 0 Å². The summed E-state index contributed by atoms with van der Waals surface area (Å²) in [5.41, 5.74) is 2.67. The zero-order valence-electron chi connectivity index (χ0n) is 11.1. The average molecular weight is 282 g/mol. The Hall–Kier alpha value is -2.66. The Bertz CT molecular complexity index is 668. The van der Waals surface area contributed by atoms with Gasteiger partial charge in [0.1, 0.15) is 12.1 Å². The predicted molar refractivity (Wildman–Crippen MR) is 77.3 cm³/mol. The van der Waals surface area contributed by atoms with Gasteiger partial charge in [-0.15, -0.1) is 0 Å². The van der Waals surface area contributed by atoms with Crippen molar-refractivity contribution in [3.8, 4) is 11.1 Å². The SMILES string of the molecule is O=C1NC(=O)[C@@H]([C@H](O)c2ccc(-c3ccccc3)cc2)N1. The minimum absolute atomic E-state index is 0.514. The number of rotatable bonds is 3. The van der Waals surface area contributed by atoms with Crippen LogP contribution in [0, 0.1) is 0 Å². The summed E-state index contributed by atoms with van der Waals surface area (Å²) >= 11 is 0. The van der Waals surface area contributed by atoms with Crippen LogP contribution in [0.5, 0.6) is 0 Å². The van der Waals surface area contributed by atoms with E-state index < -0.39 is 24.1 Å². The minimum atomic E-state index is -1.07. The van der Waals surface area contributed by atoms with Crippen molar-refractivity contribution in [2.75, 3.05) is 0 Å². The smallest absolute Gasteiger partial charge is 0.322 e. The molecular weight excluding hydrogens is 268 g/mol. The van der Waals surface area contributed by atoms with Gasteiger partial charge in [0.05, 0.1) is 0 Å². The number of imide groups is 1. The topological polar surface area (TPSA) is 78.4 Å². The van der Waals surface area contributed by atoms with Crippen molar-refractivity contribution in [3.05, 3.63) is 60.2 Å². The van der Waals surface area contributed by atoms with Crippen LogP contribution in [0.1, 0.15) is 11.7 Å². The molecule has 0 unspecified atom stereocenters. The Labute approximate surface area is 121 Å². The number of aliphatic hydroxyl groups is 1. The summed E-state index contributed by atoms with van der Waals surface area (Å²) in [6.07, 6.45) is -1.07. The predicted octanol–water partition coefficient (Wildman–Crippen LogP) is 1.59. The molecule has 0 spiro atoms. The van der Waals surface area contributed by atoms with Crippen molar-refractivity contribution in [1.82, 2.24) is 10.6 Å². The second kappa shape index (κ2) is 5.38. The Morgan fingerprint density at radius 1 is 0.905 bits per heavy atom. The van der Waals surface area contributed by atoms with Gasteiger partial charge in [0.15, 0.2) is 0 Å². The van der Waals surface area contributed by atoms with Crippen molar-refractivity contribution in [2.45, 2.75) is 12.1 Å². The number of urea groups is 1. The standard InChI is InChI=1S/C16H14N2O3/c19-14(13-15(20)18-16(21)17-13)12-8-6-11(7-9-12)10-4-2-1-3-5-10/h1-9,13-14,19H,(H2,17,18,20,21)/t13-,14-/m1/s1. The van der Waals surface area contributed by atoms with Gasteiger partial charge in [-0.3, -0.25) is 10.1 Å². The van der Waals surface area contributed by atoms with Crippen LogP contribution in [0.2, 0.25) is 0 Å². The summed E-state index contributed by atoms with van der Waals surface area (Å²) < 4.78 is 0. The number of carbonyl (C=O) groups excluding carboxylic acids is 2.